The number of nitriles is 1. The first-order valence-electron chi connectivity index (χ1n) is 8.60. The minimum atomic E-state index is -0.713. The summed E-state index contributed by atoms with van der Waals surface area (Å²) in [5.74, 6) is 1.78. The van der Waals surface area contributed by atoms with Gasteiger partial charge in [-0.2, -0.15) is 17.0 Å². The van der Waals surface area contributed by atoms with Gasteiger partial charge < -0.3 is 9.80 Å². The van der Waals surface area contributed by atoms with Crippen LogP contribution < -0.4 is 0 Å². The number of thioether (sulfide) groups is 1. The first-order valence-corrected chi connectivity index (χ1v) is 10.00. The van der Waals surface area contributed by atoms with Crippen LogP contribution in [0.3, 0.4) is 0 Å². The van der Waals surface area contributed by atoms with Gasteiger partial charge in [0, 0.05) is 32.1 Å². The maximum Gasteiger partial charge on any atom is 0.243 e. The fourth-order valence-electron chi connectivity index (χ4n) is 4.01. The van der Waals surface area contributed by atoms with Crippen molar-refractivity contribution in [1.29, 1.82) is 5.26 Å². The molecule has 23 heavy (non-hydrogen) atoms. The number of nitrogens with zero attached hydrogens (tertiary/aromatic N) is 3. The van der Waals surface area contributed by atoms with Gasteiger partial charge in [-0.05, 0) is 50.0 Å². The molecule has 0 aromatic carbocycles. The van der Waals surface area contributed by atoms with Crippen molar-refractivity contribution in [3.63, 3.8) is 0 Å². The number of hydrogen-bond acceptors (Lipinski definition) is 4. The van der Waals surface area contributed by atoms with Crippen molar-refractivity contribution >= 4 is 23.6 Å². The molecule has 0 spiro atoms. The van der Waals surface area contributed by atoms with Gasteiger partial charge in [-0.1, -0.05) is 0 Å². The molecule has 126 valence electrons. The Balaban J connectivity index is 1.62. The van der Waals surface area contributed by atoms with Gasteiger partial charge in [-0.25, -0.2) is 0 Å². The molecule has 3 aliphatic rings. The Labute approximate surface area is 142 Å². The number of hydrogen-bond donors (Lipinski definition) is 0. The molecule has 2 amide bonds. The summed E-state index contributed by atoms with van der Waals surface area (Å²) in [6.07, 6.45) is 6.91. The van der Waals surface area contributed by atoms with E-state index in [0.717, 1.165) is 38.1 Å². The lowest BCUT2D eigenvalue weighted by Gasteiger charge is -2.47. The fourth-order valence-corrected chi connectivity index (χ4v) is 4.42. The average Bonchev–Trinajstić information content (AvgIpc) is 3.37. The molecule has 0 bridgehead atoms. The number of carbonyl (C=O) groups excluding carboxylic acids is 2. The van der Waals surface area contributed by atoms with Gasteiger partial charge in [0.1, 0.15) is 5.41 Å². The smallest absolute Gasteiger partial charge is 0.243 e. The van der Waals surface area contributed by atoms with Crippen molar-refractivity contribution in [2.24, 2.45) is 11.3 Å². The highest BCUT2D eigenvalue weighted by atomic mass is 32.2. The summed E-state index contributed by atoms with van der Waals surface area (Å²) in [7, 11) is 0. The molecular formula is C17H25N3O2S. The molecule has 1 aliphatic carbocycles. The van der Waals surface area contributed by atoms with Crippen molar-refractivity contribution in [1.82, 2.24) is 9.80 Å². The zero-order chi connectivity index (χ0) is 16.4. The summed E-state index contributed by atoms with van der Waals surface area (Å²) in [6, 6.07) is 2.50. The molecule has 1 saturated carbocycles. The predicted octanol–water partition coefficient (Wildman–Crippen LogP) is 1.88. The largest absolute Gasteiger partial charge is 0.341 e. The highest BCUT2D eigenvalue weighted by Gasteiger charge is 2.53. The monoisotopic (exact) mass is 335 g/mol. The van der Waals surface area contributed by atoms with Gasteiger partial charge in [-0.15, -0.1) is 0 Å². The third-order valence-corrected chi connectivity index (χ3v) is 6.25. The number of rotatable bonds is 5. The number of amides is 2. The van der Waals surface area contributed by atoms with Crippen molar-refractivity contribution in [3.05, 3.63) is 0 Å². The Kier molecular flexibility index (Phi) is 4.86. The molecule has 2 atom stereocenters. The molecule has 6 heteroatoms. The van der Waals surface area contributed by atoms with Crippen LogP contribution in [0.4, 0.5) is 0 Å². The van der Waals surface area contributed by atoms with Gasteiger partial charge in [0.05, 0.1) is 6.07 Å². The summed E-state index contributed by atoms with van der Waals surface area (Å²) >= 11 is 1.82. The molecule has 0 radical (unpaired) electrons. The van der Waals surface area contributed by atoms with E-state index in [1.807, 2.05) is 16.7 Å². The fraction of sp³-hybridized carbons (Fsp3) is 0.824. The molecule has 0 N–H and O–H groups in total. The van der Waals surface area contributed by atoms with Crippen LogP contribution in [-0.4, -0.2) is 59.3 Å². The second-order valence-electron chi connectivity index (χ2n) is 7.03. The molecule has 0 unspecified atom stereocenters. The summed E-state index contributed by atoms with van der Waals surface area (Å²) in [4.78, 5) is 28.8. The molecule has 5 nitrogen and oxygen atoms in total. The summed E-state index contributed by atoms with van der Waals surface area (Å²) in [5.41, 5.74) is -0.713. The molecule has 0 aromatic rings. The van der Waals surface area contributed by atoms with E-state index in [9.17, 15) is 14.9 Å². The zero-order valence-electron chi connectivity index (χ0n) is 13.8. The standard InChI is InChI=1S/C17H25N3O2S/c1-23-10-2-8-20-14-5-9-19(11-13(14)3-4-15(20)21)16(22)17(12-18)6-7-17/h13-14H,2-11H2,1H3/t13-,14+/m0/s1. The van der Waals surface area contributed by atoms with Gasteiger partial charge in [0.2, 0.25) is 11.8 Å². The predicted molar refractivity (Wildman–Crippen MR) is 89.7 cm³/mol. The minimum absolute atomic E-state index is 0.0317. The SMILES string of the molecule is CSCCCN1C(=O)CC[C@H]2CN(C(=O)C3(C#N)CC3)CC[C@H]21. The number of carbonyl (C=O) groups is 2. The summed E-state index contributed by atoms with van der Waals surface area (Å²) in [6.45, 7) is 2.26. The summed E-state index contributed by atoms with van der Waals surface area (Å²) in [5, 5.41) is 9.23. The maximum atomic E-state index is 12.6. The molecule has 0 aromatic heterocycles. The molecular weight excluding hydrogens is 310 g/mol. The van der Waals surface area contributed by atoms with Gasteiger partial charge in [0.25, 0.3) is 0 Å². The number of fused-ring (bicyclic) bond motifs is 1. The Morgan fingerprint density at radius 3 is 2.87 bits per heavy atom. The second kappa shape index (κ2) is 6.72. The van der Waals surface area contributed by atoms with E-state index >= 15 is 0 Å². The van der Waals surface area contributed by atoms with Crippen LogP contribution in [-0.2, 0) is 9.59 Å². The van der Waals surface area contributed by atoms with E-state index < -0.39 is 5.41 Å². The third kappa shape index (κ3) is 3.21. The van der Waals surface area contributed by atoms with Crippen LogP contribution in [0.25, 0.3) is 0 Å². The van der Waals surface area contributed by atoms with E-state index in [2.05, 4.69) is 17.2 Å². The number of likely N-dealkylation sites (tertiary alicyclic amines) is 2. The highest BCUT2D eigenvalue weighted by molar-refractivity contribution is 7.98. The molecule has 2 aliphatic heterocycles. The quantitative estimate of drug-likeness (QED) is 0.720. The maximum absolute atomic E-state index is 12.6. The number of piperidine rings is 2. The first-order chi connectivity index (χ1) is 11.1. The lowest BCUT2D eigenvalue weighted by Crippen LogP contribution is -2.57. The van der Waals surface area contributed by atoms with Crippen LogP contribution in [0.5, 0.6) is 0 Å². The van der Waals surface area contributed by atoms with Crippen LogP contribution in [0.1, 0.15) is 38.5 Å². The van der Waals surface area contributed by atoms with Crippen molar-refractivity contribution in [3.8, 4) is 6.07 Å². The normalized spacial score (nSPS) is 29.0. The Hall–Kier alpha value is -1.22. The van der Waals surface area contributed by atoms with Crippen molar-refractivity contribution < 1.29 is 9.59 Å². The lowest BCUT2D eigenvalue weighted by molar-refractivity contribution is -0.145. The van der Waals surface area contributed by atoms with Crippen LogP contribution in [0.15, 0.2) is 0 Å². The average molecular weight is 335 g/mol. The van der Waals surface area contributed by atoms with Crippen LogP contribution in [0.2, 0.25) is 0 Å². The summed E-state index contributed by atoms with van der Waals surface area (Å²) < 4.78 is 0. The topological polar surface area (TPSA) is 64.4 Å². The Morgan fingerprint density at radius 2 is 2.22 bits per heavy atom. The zero-order valence-corrected chi connectivity index (χ0v) is 14.6. The lowest BCUT2D eigenvalue weighted by atomic mass is 9.83. The first kappa shape index (κ1) is 16.6. The Morgan fingerprint density at radius 1 is 1.43 bits per heavy atom. The van der Waals surface area contributed by atoms with E-state index in [1.165, 1.54) is 0 Å². The molecule has 3 fully saturated rings. The minimum Gasteiger partial charge on any atom is -0.341 e. The molecule has 2 saturated heterocycles. The Bertz CT molecular complexity index is 526. The molecule has 3 rings (SSSR count). The second-order valence-corrected chi connectivity index (χ2v) is 8.02. The van der Waals surface area contributed by atoms with Crippen molar-refractivity contribution in [2.75, 3.05) is 31.6 Å². The highest BCUT2D eigenvalue weighted by Crippen LogP contribution is 2.47. The van der Waals surface area contributed by atoms with E-state index in [4.69, 9.17) is 0 Å². The van der Waals surface area contributed by atoms with E-state index in [1.54, 1.807) is 0 Å². The van der Waals surface area contributed by atoms with Crippen molar-refractivity contribution in [2.45, 2.75) is 44.6 Å². The van der Waals surface area contributed by atoms with E-state index in [0.29, 0.717) is 37.8 Å². The van der Waals surface area contributed by atoms with Gasteiger partial charge in [0.15, 0.2) is 0 Å². The molecule has 2 heterocycles. The van der Waals surface area contributed by atoms with E-state index in [-0.39, 0.29) is 11.8 Å². The van der Waals surface area contributed by atoms with Gasteiger partial charge in [-0.3, -0.25) is 9.59 Å². The van der Waals surface area contributed by atoms with Crippen LogP contribution in [0, 0.1) is 22.7 Å². The third-order valence-electron chi connectivity index (χ3n) is 5.55. The van der Waals surface area contributed by atoms with Crippen LogP contribution >= 0.6 is 11.8 Å². The van der Waals surface area contributed by atoms with Gasteiger partial charge >= 0.3 is 0 Å².